The molecule has 0 atom stereocenters. The zero-order valence-electron chi connectivity index (χ0n) is 12.1. The van der Waals surface area contributed by atoms with E-state index in [-0.39, 0.29) is 0 Å². The van der Waals surface area contributed by atoms with Gasteiger partial charge in [-0.15, -0.1) is 5.10 Å². The Morgan fingerprint density at radius 3 is 2.95 bits per heavy atom. The summed E-state index contributed by atoms with van der Waals surface area (Å²) in [6.45, 7) is 5.04. The number of tetrazole rings is 1. The molecule has 112 valence electrons. The molecule has 0 bridgehead atoms. The van der Waals surface area contributed by atoms with Crippen LogP contribution in [0.25, 0.3) is 0 Å². The lowest BCUT2D eigenvalue weighted by Gasteiger charge is -2.12. The first kappa shape index (κ1) is 14.8. The maximum atomic E-state index is 6.12. The summed E-state index contributed by atoms with van der Waals surface area (Å²) in [6, 6.07) is 6.86. The van der Waals surface area contributed by atoms with Gasteiger partial charge in [0.05, 0.1) is 6.04 Å². The minimum absolute atomic E-state index is 0.429. The summed E-state index contributed by atoms with van der Waals surface area (Å²) in [5.74, 6) is 0. The van der Waals surface area contributed by atoms with Gasteiger partial charge in [-0.3, -0.25) is 0 Å². The molecule has 21 heavy (non-hydrogen) atoms. The summed E-state index contributed by atoms with van der Waals surface area (Å²) in [6.07, 6.45) is 2.34. The lowest BCUT2D eigenvalue weighted by atomic mass is 10.2. The molecule has 0 unspecified atom stereocenters. The molecule has 0 spiro atoms. The predicted molar refractivity (Wildman–Crippen MR) is 83.6 cm³/mol. The Bertz CT molecular complexity index is 624. The summed E-state index contributed by atoms with van der Waals surface area (Å²) in [7, 11) is 0. The molecule has 2 aromatic rings. The van der Waals surface area contributed by atoms with Crippen LogP contribution in [0.15, 0.2) is 28.3 Å². The van der Waals surface area contributed by atoms with Crippen molar-refractivity contribution in [1.29, 1.82) is 0 Å². The van der Waals surface area contributed by atoms with Crippen LogP contribution >= 0.6 is 23.4 Å². The third kappa shape index (κ3) is 3.75. The van der Waals surface area contributed by atoms with Crippen molar-refractivity contribution in [2.45, 2.75) is 55.4 Å². The Kier molecular flexibility index (Phi) is 4.47. The third-order valence-corrected chi connectivity index (χ3v) is 4.58. The second kappa shape index (κ2) is 6.34. The average Bonchev–Trinajstić information content (AvgIpc) is 3.19. The molecular weight excluding hydrogens is 306 g/mol. The van der Waals surface area contributed by atoms with E-state index in [4.69, 9.17) is 11.6 Å². The van der Waals surface area contributed by atoms with Gasteiger partial charge in [0, 0.05) is 22.5 Å². The van der Waals surface area contributed by atoms with E-state index in [0.717, 1.165) is 21.6 Å². The van der Waals surface area contributed by atoms with E-state index in [0.29, 0.717) is 12.1 Å². The number of hydrogen-bond acceptors (Lipinski definition) is 5. The number of hydrogen-bond donors (Lipinski definition) is 1. The highest BCUT2D eigenvalue weighted by Crippen LogP contribution is 2.38. The van der Waals surface area contributed by atoms with Gasteiger partial charge in [0.2, 0.25) is 5.16 Å². The van der Waals surface area contributed by atoms with E-state index in [9.17, 15) is 0 Å². The van der Waals surface area contributed by atoms with Crippen LogP contribution in [0, 0.1) is 0 Å². The molecule has 0 saturated heterocycles. The molecule has 1 saturated carbocycles. The van der Waals surface area contributed by atoms with E-state index in [2.05, 4.69) is 34.7 Å². The lowest BCUT2D eigenvalue weighted by Crippen LogP contribution is -2.22. The predicted octanol–water partition coefficient (Wildman–Crippen LogP) is 3.31. The fourth-order valence-electron chi connectivity index (χ4n) is 2.00. The number of halogens is 1. The van der Waals surface area contributed by atoms with Crippen LogP contribution in [-0.4, -0.2) is 26.2 Å². The monoisotopic (exact) mass is 323 g/mol. The second-order valence-electron chi connectivity index (χ2n) is 5.53. The molecule has 1 aromatic carbocycles. The Morgan fingerprint density at radius 2 is 2.24 bits per heavy atom. The molecule has 0 radical (unpaired) electrons. The molecule has 1 aromatic heterocycles. The van der Waals surface area contributed by atoms with Crippen molar-refractivity contribution in [1.82, 2.24) is 25.5 Å². The molecule has 7 heteroatoms. The van der Waals surface area contributed by atoms with Gasteiger partial charge in [-0.2, -0.15) is 0 Å². The maximum Gasteiger partial charge on any atom is 0.214 e. The van der Waals surface area contributed by atoms with E-state index in [1.54, 1.807) is 11.8 Å². The van der Waals surface area contributed by atoms with Gasteiger partial charge in [-0.25, -0.2) is 4.68 Å². The highest BCUT2D eigenvalue weighted by molar-refractivity contribution is 7.99. The molecule has 3 rings (SSSR count). The lowest BCUT2D eigenvalue weighted by molar-refractivity contribution is 0.565. The number of aromatic nitrogens is 4. The molecular formula is C14H18ClN5S. The standard InChI is InChI=1S/C14H18ClN5S/c1-9(2)16-8-10-7-11(15)3-6-13(10)21-14-17-18-19-20(14)12-4-5-12/h3,6-7,9,12,16H,4-5,8H2,1-2H3. The van der Waals surface area contributed by atoms with Gasteiger partial charge in [0.1, 0.15) is 0 Å². The third-order valence-electron chi connectivity index (χ3n) is 3.28. The van der Waals surface area contributed by atoms with E-state index < -0.39 is 0 Å². The molecule has 0 aliphatic heterocycles. The summed E-state index contributed by atoms with van der Waals surface area (Å²) in [5.41, 5.74) is 1.17. The van der Waals surface area contributed by atoms with Gasteiger partial charge in [-0.1, -0.05) is 25.4 Å². The van der Waals surface area contributed by atoms with Crippen LogP contribution in [0.4, 0.5) is 0 Å². The minimum Gasteiger partial charge on any atom is -0.310 e. The molecule has 1 aliphatic carbocycles. The van der Waals surface area contributed by atoms with E-state index >= 15 is 0 Å². The van der Waals surface area contributed by atoms with Crippen molar-refractivity contribution in [2.75, 3.05) is 0 Å². The first-order chi connectivity index (χ1) is 10.1. The second-order valence-corrected chi connectivity index (χ2v) is 6.97. The number of rotatable bonds is 6. The van der Waals surface area contributed by atoms with Crippen molar-refractivity contribution in [3.05, 3.63) is 28.8 Å². The van der Waals surface area contributed by atoms with Crippen LogP contribution in [0.5, 0.6) is 0 Å². The Morgan fingerprint density at radius 1 is 1.43 bits per heavy atom. The van der Waals surface area contributed by atoms with Gasteiger partial charge in [0.25, 0.3) is 0 Å². The molecule has 1 heterocycles. The fraction of sp³-hybridized carbons (Fsp3) is 0.500. The molecule has 1 aliphatic rings. The van der Waals surface area contributed by atoms with Gasteiger partial charge >= 0.3 is 0 Å². The van der Waals surface area contributed by atoms with Crippen molar-refractivity contribution < 1.29 is 0 Å². The summed E-state index contributed by atoms with van der Waals surface area (Å²) in [4.78, 5) is 1.14. The highest BCUT2D eigenvalue weighted by atomic mass is 35.5. The summed E-state index contributed by atoms with van der Waals surface area (Å²) < 4.78 is 1.93. The van der Waals surface area contributed by atoms with Crippen LogP contribution < -0.4 is 5.32 Å². The van der Waals surface area contributed by atoms with Gasteiger partial charge < -0.3 is 5.32 Å². The van der Waals surface area contributed by atoms with Crippen molar-refractivity contribution in [3.63, 3.8) is 0 Å². The topological polar surface area (TPSA) is 55.6 Å². The molecule has 1 fully saturated rings. The van der Waals surface area contributed by atoms with Crippen LogP contribution in [0.2, 0.25) is 5.02 Å². The minimum atomic E-state index is 0.429. The zero-order chi connectivity index (χ0) is 14.8. The van der Waals surface area contributed by atoms with Crippen molar-refractivity contribution in [3.8, 4) is 0 Å². The SMILES string of the molecule is CC(C)NCc1cc(Cl)ccc1Sc1nnnn1C1CC1. The van der Waals surface area contributed by atoms with Crippen LogP contribution in [0.3, 0.4) is 0 Å². The fourth-order valence-corrected chi connectivity index (χ4v) is 3.15. The first-order valence-electron chi connectivity index (χ1n) is 7.11. The van der Waals surface area contributed by atoms with Crippen LogP contribution in [-0.2, 0) is 6.54 Å². The Balaban J connectivity index is 1.81. The average molecular weight is 324 g/mol. The number of nitrogens with one attached hydrogen (secondary N) is 1. The van der Waals surface area contributed by atoms with E-state index in [1.807, 2.05) is 22.9 Å². The smallest absolute Gasteiger partial charge is 0.214 e. The van der Waals surface area contributed by atoms with Gasteiger partial charge in [-0.05, 0) is 58.8 Å². The largest absolute Gasteiger partial charge is 0.310 e. The quantitative estimate of drug-likeness (QED) is 0.884. The molecule has 1 N–H and O–H groups in total. The van der Waals surface area contributed by atoms with Crippen LogP contribution in [0.1, 0.15) is 38.3 Å². The van der Waals surface area contributed by atoms with Crippen molar-refractivity contribution >= 4 is 23.4 Å². The normalized spacial score (nSPS) is 14.9. The Labute approximate surface area is 133 Å². The number of benzene rings is 1. The molecule has 0 amide bonds. The van der Waals surface area contributed by atoms with Gasteiger partial charge in [0.15, 0.2) is 0 Å². The number of nitrogens with zero attached hydrogens (tertiary/aromatic N) is 4. The first-order valence-corrected chi connectivity index (χ1v) is 8.30. The Hall–Kier alpha value is -1.11. The zero-order valence-corrected chi connectivity index (χ0v) is 13.7. The van der Waals surface area contributed by atoms with E-state index in [1.165, 1.54) is 18.4 Å². The highest BCUT2D eigenvalue weighted by Gasteiger charge is 2.28. The maximum absolute atomic E-state index is 6.12. The summed E-state index contributed by atoms with van der Waals surface area (Å²) in [5, 5.41) is 17.1. The summed E-state index contributed by atoms with van der Waals surface area (Å²) >= 11 is 7.73. The molecule has 5 nitrogen and oxygen atoms in total. The van der Waals surface area contributed by atoms with Crippen molar-refractivity contribution in [2.24, 2.45) is 0 Å².